The molecule has 3 aromatic heterocycles. The molecule has 0 bridgehead atoms. The van der Waals surface area contributed by atoms with Crippen molar-refractivity contribution in [2.75, 3.05) is 0 Å². The summed E-state index contributed by atoms with van der Waals surface area (Å²) in [5, 5.41) is 30.6. The lowest BCUT2D eigenvalue weighted by Crippen LogP contribution is -1.95. The van der Waals surface area contributed by atoms with Gasteiger partial charge in [-0.3, -0.25) is 0 Å². The summed E-state index contributed by atoms with van der Waals surface area (Å²) in [5.74, 6) is 0. The molecule has 0 radical (unpaired) electrons. The molecule has 3 heterocycles. The Kier molecular flexibility index (Phi) is 18.2. The van der Waals surface area contributed by atoms with Gasteiger partial charge in [0.2, 0.25) is 0 Å². The van der Waals surface area contributed by atoms with Gasteiger partial charge in [0.25, 0.3) is 0 Å². The second-order valence-electron chi connectivity index (χ2n) is 34.5. The van der Waals surface area contributed by atoms with E-state index in [0.29, 0.717) is 0 Å². The second kappa shape index (κ2) is 31.3. The molecule has 3 nitrogen and oxygen atoms in total. The van der Waals surface area contributed by atoms with E-state index in [2.05, 4.69) is 506 Å². The van der Waals surface area contributed by atoms with E-state index >= 15 is 0 Å². The predicted molar refractivity (Wildman–Crippen MR) is 557 cm³/mol. The van der Waals surface area contributed by atoms with Crippen molar-refractivity contribution in [1.82, 2.24) is 13.7 Å². The largest absolute Gasteiger partial charge is 0.309 e. The SMILES string of the molecule is Cc1ccc2c(c1)c1cc(-c3ccccc3)c3ccccc3c1n2-c1ccc(-c2cc3ccccc3c3ccccc23)cc1.c1ccc(-c2cc3c4ccccc4n(-c4cccc(-c5ccc6c(ccc7ccccc76)c5)c4)c3c3ccccc23)cc1.c1ccc(-c2cc3c4ccccc4n(-c4cccc(-c5ccc6ccc7ccccc7c6c5)c4)c3c3ccccc23)cc1. The Labute approximate surface area is 752 Å². The van der Waals surface area contributed by atoms with Crippen LogP contribution in [0.1, 0.15) is 5.56 Å². The fraction of sp³-hybridized carbons (Fsp3) is 0.00787. The monoisotopic (exact) mass is 1650 g/mol. The van der Waals surface area contributed by atoms with Gasteiger partial charge < -0.3 is 13.7 Å². The first-order chi connectivity index (χ1) is 64.4. The molecule has 0 unspecified atom stereocenters. The molecule has 0 spiro atoms. The van der Waals surface area contributed by atoms with Crippen LogP contribution in [-0.2, 0) is 0 Å². The van der Waals surface area contributed by atoms with Gasteiger partial charge in [-0.15, -0.1) is 0 Å². The molecule has 0 aliphatic rings. The highest BCUT2D eigenvalue weighted by atomic mass is 15.0. The summed E-state index contributed by atoms with van der Waals surface area (Å²) < 4.78 is 7.38. The van der Waals surface area contributed by atoms with Gasteiger partial charge in [0.1, 0.15) is 0 Å². The molecule has 0 saturated carbocycles. The van der Waals surface area contributed by atoms with Crippen molar-refractivity contribution < 1.29 is 0 Å². The van der Waals surface area contributed by atoms with E-state index in [1.807, 2.05) is 0 Å². The number of nitrogens with zero attached hydrogens (tertiary/aromatic N) is 3. The van der Waals surface area contributed by atoms with Crippen LogP contribution in [0.25, 0.3) is 246 Å². The van der Waals surface area contributed by atoms with E-state index in [1.54, 1.807) is 0 Å². The zero-order valence-electron chi connectivity index (χ0n) is 71.5. The van der Waals surface area contributed by atoms with Crippen LogP contribution < -0.4 is 0 Å². The van der Waals surface area contributed by atoms with E-state index in [1.165, 1.54) is 252 Å². The smallest absolute Gasteiger partial charge is 0.0619 e. The number of benzene rings is 24. The lowest BCUT2D eigenvalue weighted by atomic mass is 9.93. The number of hydrogen-bond donors (Lipinski definition) is 0. The number of aromatic nitrogens is 3. The van der Waals surface area contributed by atoms with Gasteiger partial charge in [-0.25, -0.2) is 0 Å². The summed E-state index contributed by atoms with van der Waals surface area (Å²) in [5.41, 5.74) is 27.1. The van der Waals surface area contributed by atoms with E-state index in [0.717, 1.165) is 0 Å². The summed E-state index contributed by atoms with van der Waals surface area (Å²) in [6, 6.07) is 177. The second-order valence-corrected chi connectivity index (χ2v) is 34.5. The minimum absolute atomic E-state index is 1.17. The summed E-state index contributed by atoms with van der Waals surface area (Å²) in [7, 11) is 0. The summed E-state index contributed by atoms with van der Waals surface area (Å²) in [4.78, 5) is 0. The third kappa shape index (κ3) is 12.7. The first-order valence-electron chi connectivity index (χ1n) is 45.0. The van der Waals surface area contributed by atoms with Crippen LogP contribution in [0.2, 0.25) is 0 Å². The quantitative estimate of drug-likeness (QED) is 0.128. The maximum atomic E-state index is 2.46. The Morgan fingerprint density at radius 1 is 0.131 bits per heavy atom. The molecule has 0 saturated heterocycles. The molecule has 0 aliphatic heterocycles. The molecule has 0 N–H and O–H groups in total. The first-order valence-corrected chi connectivity index (χ1v) is 45.0. The maximum absolute atomic E-state index is 2.46. The van der Waals surface area contributed by atoms with Crippen LogP contribution in [0.5, 0.6) is 0 Å². The molecule has 27 aromatic rings. The van der Waals surface area contributed by atoms with E-state index in [-0.39, 0.29) is 0 Å². The number of rotatable bonds is 9. The van der Waals surface area contributed by atoms with E-state index in [4.69, 9.17) is 0 Å². The van der Waals surface area contributed by atoms with Crippen molar-refractivity contribution in [3.8, 4) is 83.8 Å². The Morgan fingerprint density at radius 2 is 0.431 bits per heavy atom. The van der Waals surface area contributed by atoms with Crippen LogP contribution in [0, 0.1) is 6.92 Å². The highest BCUT2D eigenvalue weighted by Gasteiger charge is 2.24. The van der Waals surface area contributed by atoms with Crippen LogP contribution >= 0.6 is 0 Å². The Bertz CT molecular complexity index is 9230. The zero-order chi connectivity index (χ0) is 85.9. The number of aryl methyl sites for hydroxylation is 1. The van der Waals surface area contributed by atoms with Gasteiger partial charge >= 0.3 is 0 Å². The number of para-hydroxylation sites is 2. The lowest BCUT2D eigenvalue weighted by molar-refractivity contribution is 1.19. The van der Waals surface area contributed by atoms with Crippen molar-refractivity contribution >= 4 is 162 Å². The number of hydrogen-bond acceptors (Lipinski definition) is 0. The predicted octanol–water partition coefficient (Wildman–Crippen LogP) is 35.0. The Hall–Kier alpha value is -17.0. The van der Waals surface area contributed by atoms with Gasteiger partial charge in [0, 0.05) is 65.5 Å². The highest BCUT2D eigenvalue weighted by molar-refractivity contribution is 6.26. The third-order valence-corrected chi connectivity index (χ3v) is 27.1. The highest BCUT2D eigenvalue weighted by Crippen LogP contribution is 2.48. The first kappa shape index (κ1) is 75.5. The van der Waals surface area contributed by atoms with Gasteiger partial charge in [-0.1, -0.05) is 394 Å². The van der Waals surface area contributed by atoms with Crippen molar-refractivity contribution in [3.63, 3.8) is 0 Å². The Morgan fingerprint density at radius 3 is 0.931 bits per heavy atom. The summed E-state index contributed by atoms with van der Waals surface area (Å²) in [6.45, 7) is 2.18. The maximum Gasteiger partial charge on any atom is 0.0619 e. The average molecular weight is 1650 g/mol. The molecule has 0 atom stereocenters. The van der Waals surface area contributed by atoms with Crippen LogP contribution in [-0.4, -0.2) is 13.7 Å². The molecule has 606 valence electrons. The fourth-order valence-corrected chi connectivity index (χ4v) is 21.1. The van der Waals surface area contributed by atoms with Gasteiger partial charge in [-0.2, -0.15) is 0 Å². The van der Waals surface area contributed by atoms with Crippen molar-refractivity contribution in [2.24, 2.45) is 0 Å². The number of fused-ring (bicyclic) bond motifs is 24. The van der Waals surface area contributed by atoms with Crippen LogP contribution in [0.15, 0.2) is 485 Å². The molecule has 0 fully saturated rings. The standard InChI is InChI=1S/C43H29N.2C42H27N/c1-28-19-24-42-40(25-28)41-27-39(29-11-3-2-4-12-29)36-17-9-10-18-37(36)43(41)44(42)32-22-20-30(21-23-32)38-26-31-13-5-6-14-33(31)34-15-7-8-16-35(34)38;1-2-11-28(12-3-1)39-27-40-36-18-8-9-20-41(36)43(42(40)37-19-7-6-17-35(37)39)33-15-10-14-31(25-33)32-24-23-30-22-21-29-13-4-5-16-34(29)38(30)26-32;1-2-11-28(12-3-1)39-27-40-37-18-8-9-20-41(37)43(42(40)38-19-7-6-17-36(38)39)33-15-10-14-30(26-33)31-23-24-35-32(25-31)22-21-29-13-4-5-16-34(29)35/h2-27H,1H3;2*1-27H. The summed E-state index contributed by atoms with van der Waals surface area (Å²) in [6.07, 6.45) is 0. The van der Waals surface area contributed by atoms with Crippen molar-refractivity contribution in [2.45, 2.75) is 6.92 Å². The minimum Gasteiger partial charge on any atom is -0.309 e. The third-order valence-electron chi connectivity index (χ3n) is 27.1. The van der Waals surface area contributed by atoms with Crippen molar-refractivity contribution in [3.05, 3.63) is 491 Å². The molecular formula is C127H83N3. The van der Waals surface area contributed by atoms with Gasteiger partial charge in [-0.05, 0) is 252 Å². The average Bonchev–Trinajstić information content (AvgIpc) is 1.58. The van der Waals surface area contributed by atoms with E-state index < -0.39 is 0 Å². The molecular weight excluding hydrogens is 1570 g/mol. The normalized spacial score (nSPS) is 11.7. The van der Waals surface area contributed by atoms with Gasteiger partial charge in [0.15, 0.2) is 0 Å². The minimum atomic E-state index is 1.17. The van der Waals surface area contributed by atoms with Gasteiger partial charge in [0.05, 0.1) is 33.1 Å². The van der Waals surface area contributed by atoms with Crippen LogP contribution in [0.4, 0.5) is 0 Å². The Balaban J connectivity index is 0.000000105. The molecule has 130 heavy (non-hydrogen) atoms. The topological polar surface area (TPSA) is 14.8 Å². The summed E-state index contributed by atoms with van der Waals surface area (Å²) >= 11 is 0. The molecule has 0 aliphatic carbocycles. The zero-order valence-corrected chi connectivity index (χ0v) is 71.5. The lowest BCUT2D eigenvalue weighted by Gasteiger charge is -2.14. The fourth-order valence-electron chi connectivity index (χ4n) is 21.1. The molecule has 27 rings (SSSR count). The van der Waals surface area contributed by atoms with E-state index in [9.17, 15) is 0 Å². The molecule has 0 amide bonds. The van der Waals surface area contributed by atoms with Crippen molar-refractivity contribution in [1.29, 1.82) is 0 Å². The molecule has 24 aromatic carbocycles. The molecule has 3 heteroatoms. The van der Waals surface area contributed by atoms with Crippen LogP contribution in [0.3, 0.4) is 0 Å².